The van der Waals surface area contributed by atoms with Crippen molar-refractivity contribution < 1.29 is 14.3 Å². The van der Waals surface area contributed by atoms with Crippen LogP contribution in [0.1, 0.15) is 26.7 Å². The Kier molecular flexibility index (Phi) is 7.45. The average Bonchev–Trinajstić information content (AvgIpc) is 3.29. The van der Waals surface area contributed by atoms with E-state index in [0.29, 0.717) is 20.7 Å². The van der Waals surface area contributed by atoms with Crippen LogP contribution in [0.4, 0.5) is 0 Å². The lowest BCUT2D eigenvalue weighted by molar-refractivity contribution is -0.136. The minimum Gasteiger partial charge on any atom is -0.482 e. The predicted octanol–water partition coefficient (Wildman–Crippen LogP) is 6.02. The van der Waals surface area contributed by atoms with Crippen molar-refractivity contribution in [3.8, 4) is 11.5 Å². The summed E-state index contributed by atoms with van der Waals surface area (Å²) in [5.41, 5.74) is 2.58. The smallest absolute Gasteiger partial charge is 0.349 e. The topological polar surface area (TPSA) is 35.5 Å². The fourth-order valence-electron chi connectivity index (χ4n) is 2.95. The molecule has 2 aliphatic rings. The lowest BCUT2D eigenvalue weighted by Crippen LogP contribution is -2.17. The first kappa shape index (κ1) is 20.4. The van der Waals surface area contributed by atoms with Gasteiger partial charge >= 0.3 is 5.97 Å². The van der Waals surface area contributed by atoms with Gasteiger partial charge in [0.25, 0.3) is 0 Å². The van der Waals surface area contributed by atoms with Crippen LogP contribution in [0.25, 0.3) is 0 Å². The Morgan fingerprint density at radius 3 is 1.82 bits per heavy atom. The number of ether oxygens (including phenoxy) is 2. The molecule has 2 aliphatic heterocycles. The molecule has 2 aromatic carbocycles. The highest BCUT2D eigenvalue weighted by Gasteiger charge is 2.18. The second kappa shape index (κ2) is 10.2. The number of benzene rings is 2. The number of hydrogen-bond acceptors (Lipinski definition) is 7. The number of rotatable bonds is 6. The van der Waals surface area contributed by atoms with Gasteiger partial charge in [-0.05, 0) is 53.3 Å². The molecule has 7 heteroatoms. The van der Waals surface area contributed by atoms with E-state index in [2.05, 4.69) is 12.1 Å². The number of carbonyl (C=O) groups excluding carboxylic acids is 1. The third kappa shape index (κ3) is 5.59. The van der Waals surface area contributed by atoms with Gasteiger partial charge in [0.05, 0.1) is 9.16 Å². The molecule has 0 saturated carbocycles. The van der Waals surface area contributed by atoms with Gasteiger partial charge in [-0.2, -0.15) is 0 Å². The zero-order valence-corrected chi connectivity index (χ0v) is 18.6. The predicted molar refractivity (Wildman–Crippen MR) is 124 cm³/mol. The van der Waals surface area contributed by atoms with Crippen LogP contribution in [0.5, 0.6) is 11.5 Å². The summed E-state index contributed by atoms with van der Waals surface area (Å²) in [5, 5.41) is 0. The van der Waals surface area contributed by atoms with E-state index in [-0.39, 0.29) is 12.6 Å². The molecule has 0 spiro atoms. The highest BCUT2D eigenvalue weighted by Crippen LogP contribution is 2.45. The number of thioether (sulfide) groups is 4. The summed E-state index contributed by atoms with van der Waals surface area (Å²) < 4.78 is 12.0. The van der Waals surface area contributed by atoms with Crippen molar-refractivity contribution in [3.05, 3.63) is 59.7 Å². The molecule has 0 N–H and O–H groups in total. The maximum Gasteiger partial charge on any atom is 0.349 e. The molecule has 0 amide bonds. The molecule has 4 rings (SSSR count). The lowest BCUT2D eigenvalue weighted by Gasteiger charge is -2.21. The summed E-state index contributed by atoms with van der Waals surface area (Å²) in [6, 6.07) is 15.9. The van der Waals surface area contributed by atoms with E-state index in [1.54, 1.807) is 0 Å². The van der Waals surface area contributed by atoms with Gasteiger partial charge in [0.1, 0.15) is 11.5 Å². The monoisotopic (exact) mass is 450 g/mol. The zero-order chi connectivity index (χ0) is 19.2. The van der Waals surface area contributed by atoms with E-state index in [1.165, 1.54) is 40.6 Å². The molecule has 148 valence electrons. The molecule has 2 heterocycles. The van der Waals surface area contributed by atoms with Crippen molar-refractivity contribution in [3.63, 3.8) is 0 Å². The molecule has 3 nitrogen and oxygen atoms in total. The summed E-state index contributed by atoms with van der Waals surface area (Å²) >= 11 is 7.92. The van der Waals surface area contributed by atoms with Crippen LogP contribution in [-0.2, 0) is 4.79 Å². The fourth-order valence-corrected chi connectivity index (χ4v) is 8.70. The Hall–Kier alpha value is -0.890. The third-order valence-corrected chi connectivity index (χ3v) is 10.5. The maximum absolute atomic E-state index is 12.1. The molecule has 0 aliphatic carbocycles. The largest absolute Gasteiger partial charge is 0.482 e. The van der Waals surface area contributed by atoms with Gasteiger partial charge in [0.2, 0.25) is 0 Å². The van der Waals surface area contributed by atoms with E-state index in [4.69, 9.17) is 9.47 Å². The number of carbonyl (C=O) groups is 1. The molecular formula is C21H22O3S4. The van der Waals surface area contributed by atoms with E-state index in [9.17, 15) is 4.79 Å². The van der Waals surface area contributed by atoms with Crippen molar-refractivity contribution in [2.75, 3.05) is 29.6 Å². The summed E-state index contributed by atoms with van der Waals surface area (Å²) in [7, 11) is 0. The first-order chi connectivity index (χ1) is 13.8. The molecule has 2 saturated heterocycles. The Bertz CT molecular complexity index is 767. The van der Waals surface area contributed by atoms with Crippen molar-refractivity contribution in [2.24, 2.45) is 0 Å². The fraction of sp³-hybridized carbons (Fsp3) is 0.381. The quantitative estimate of drug-likeness (QED) is 0.393. The molecule has 2 aromatic rings. The minimum atomic E-state index is -0.389. The highest BCUT2D eigenvalue weighted by molar-refractivity contribution is 8.19. The normalized spacial score (nSPS) is 18.1. The van der Waals surface area contributed by atoms with E-state index >= 15 is 0 Å². The lowest BCUT2D eigenvalue weighted by atomic mass is 10.2. The summed E-state index contributed by atoms with van der Waals surface area (Å²) in [6.07, 6.45) is 1.29. The van der Waals surface area contributed by atoms with Crippen LogP contribution in [0.3, 0.4) is 0 Å². The Labute approximate surface area is 183 Å². The van der Waals surface area contributed by atoms with Gasteiger partial charge in [0, 0.05) is 11.5 Å². The van der Waals surface area contributed by atoms with Gasteiger partial charge in [0.15, 0.2) is 6.61 Å². The standard InChI is InChI=1S/C21H22O3S4/c22-19(24-18-8-4-16(5-9-18)21-27-12-13-28-21)14-23-17-6-2-15(3-7-17)20-25-10-1-11-26-20/h2-9,20-21H,1,10-14H2. The SMILES string of the molecule is O=C(COc1ccc(C2SCCCS2)cc1)Oc1ccc(C2SCCS2)cc1. The van der Waals surface area contributed by atoms with Crippen molar-refractivity contribution >= 4 is 53.0 Å². The molecule has 0 unspecified atom stereocenters. The Morgan fingerprint density at radius 2 is 1.25 bits per heavy atom. The molecule has 2 fully saturated rings. The van der Waals surface area contributed by atoms with Crippen molar-refractivity contribution in [1.82, 2.24) is 0 Å². The van der Waals surface area contributed by atoms with Gasteiger partial charge in [-0.25, -0.2) is 4.79 Å². The second-order valence-electron chi connectivity index (χ2n) is 6.40. The molecule has 0 bridgehead atoms. The zero-order valence-electron chi connectivity index (χ0n) is 15.4. The van der Waals surface area contributed by atoms with E-state index < -0.39 is 0 Å². The Balaban J connectivity index is 1.24. The highest BCUT2D eigenvalue weighted by atomic mass is 32.2. The van der Waals surface area contributed by atoms with Crippen LogP contribution in [-0.4, -0.2) is 35.6 Å². The van der Waals surface area contributed by atoms with E-state index in [1.807, 2.05) is 83.4 Å². The van der Waals surface area contributed by atoms with Gasteiger partial charge in [-0.1, -0.05) is 24.3 Å². The van der Waals surface area contributed by atoms with Crippen LogP contribution >= 0.6 is 47.0 Å². The van der Waals surface area contributed by atoms with Gasteiger partial charge in [-0.15, -0.1) is 47.0 Å². The Morgan fingerprint density at radius 1 is 0.750 bits per heavy atom. The minimum absolute atomic E-state index is 0.0949. The second-order valence-corrected chi connectivity index (χ2v) is 11.9. The maximum atomic E-state index is 12.1. The van der Waals surface area contributed by atoms with Gasteiger partial charge in [-0.3, -0.25) is 0 Å². The molecular weight excluding hydrogens is 428 g/mol. The number of esters is 1. The summed E-state index contributed by atoms with van der Waals surface area (Å²) in [5.74, 6) is 5.71. The van der Waals surface area contributed by atoms with Crippen LogP contribution in [0.15, 0.2) is 48.5 Å². The third-order valence-electron chi connectivity index (χ3n) is 4.34. The first-order valence-electron chi connectivity index (χ1n) is 9.28. The van der Waals surface area contributed by atoms with Crippen molar-refractivity contribution in [2.45, 2.75) is 15.6 Å². The van der Waals surface area contributed by atoms with Crippen LogP contribution in [0.2, 0.25) is 0 Å². The molecule has 0 radical (unpaired) electrons. The summed E-state index contributed by atoms with van der Waals surface area (Å²) in [6.45, 7) is -0.0949. The van der Waals surface area contributed by atoms with Crippen LogP contribution < -0.4 is 9.47 Å². The summed E-state index contributed by atoms with van der Waals surface area (Å²) in [4.78, 5) is 12.1. The average molecular weight is 451 g/mol. The van der Waals surface area contributed by atoms with E-state index in [0.717, 1.165) is 0 Å². The van der Waals surface area contributed by atoms with Gasteiger partial charge < -0.3 is 9.47 Å². The van der Waals surface area contributed by atoms with Crippen molar-refractivity contribution in [1.29, 1.82) is 0 Å². The molecule has 28 heavy (non-hydrogen) atoms. The molecule has 0 aromatic heterocycles. The first-order valence-corrected chi connectivity index (χ1v) is 13.5. The van der Waals surface area contributed by atoms with Crippen LogP contribution in [0, 0.1) is 0 Å². The molecule has 0 atom stereocenters. The number of hydrogen-bond donors (Lipinski definition) is 0.